The zero-order valence-electron chi connectivity index (χ0n) is 11.4. The fourth-order valence-corrected chi connectivity index (χ4v) is 2.53. The van der Waals surface area contributed by atoms with Gasteiger partial charge in [-0.05, 0) is 45.8 Å². The van der Waals surface area contributed by atoms with Crippen molar-refractivity contribution in [2.45, 2.75) is 6.54 Å². The molecule has 0 radical (unpaired) electrons. The number of halogens is 1. The third-order valence-corrected chi connectivity index (χ3v) is 3.80. The first-order valence-electron chi connectivity index (χ1n) is 6.39. The molecule has 0 unspecified atom stereocenters. The predicted octanol–water partition coefficient (Wildman–Crippen LogP) is 2.85. The lowest BCUT2D eigenvalue weighted by Crippen LogP contribution is -2.27. The summed E-state index contributed by atoms with van der Waals surface area (Å²) in [5.74, 6) is 1.31. The largest absolute Gasteiger partial charge is 0.454 e. The van der Waals surface area contributed by atoms with Gasteiger partial charge in [-0.1, -0.05) is 6.07 Å². The maximum atomic E-state index is 12.4. The van der Waals surface area contributed by atoms with Gasteiger partial charge in [-0.2, -0.15) is 0 Å². The van der Waals surface area contributed by atoms with Gasteiger partial charge >= 0.3 is 0 Å². The maximum Gasteiger partial charge on any atom is 0.273 e. The standard InChI is InChI=1S/C15H13BrN2O3/c1-18(15(19)14-11(16)3-2-6-17-14)8-10-4-5-12-13(7-10)21-9-20-12/h2-7H,8-9H2,1H3. The number of aromatic nitrogens is 1. The first-order chi connectivity index (χ1) is 10.1. The van der Waals surface area contributed by atoms with Gasteiger partial charge in [0.2, 0.25) is 6.79 Å². The van der Waals surface area contributed by atoms with Crippen molar-refractivity contribution in [3.8, 4) is 11.5 Å². The van der Waals surface area contributed by atoms with Crippen molar-refractivity contribution in [3.05, 3.63) is 52.3 Å². The zero-order valence-corrected chi connectivity index (χ0v) is 13.0. The van der Waals surface area contributed by atoms with Crippen LogP contribution in [-0.2, 0) is 6.54 Å². The average molecular weight is 349 g/mol. The number of benzene rings is 1. The van der Waals surface area contributed by atoms with Crippen molar-refractivity contribution in [3.63, 3.8) is 0 Å². The molecule has 6 heteroatoms. The van der Waals surface area contributed by atoms with Gasteiger partial charge in [0.1, 0.15) is 5.69 Å². The van der Waals surface area contributed by atoms with Crippen molar-refractivity contribution < 1.29 is 14.3 Å². The Bertz CT molecular complexity index is 690. The smallest absolute Gasteiger partial charge is 0.273 e. The number of carbonyl (C=O) groups excluding carboxylic acids is 1. The third kappa shape index (κ3) is 2.85. The summed E-state index contributed by atoms with van der Waals surface area (Å²) in [6.07, 6.45) is 1.60. The van der Waals surface area contributed by atoms with Crippen LogP contribution in [0.5, 0.6) is 11.5 Å². The minimum atomic E-state index is -0.139. The van der Waals surface area contributed by atoms with E-state index >= 15 is 0 Å². The molecule has 0 fully saturated rings. The van der Waals surface area contributed by atoms with Crippen molar-refractivity contribution in [1.29, 1.82) is 0 Å². The van der Waals surface area contributed by atoms with Gasteiger partial charge in [0, 0.05) is 24.3 Å². The highest BCUT2D eigenvalue weighted by Crippen LogP contribution is 2.32. The Morgan fingerprint density at radius 2 is 2.14 bits per heavy atom. The molecule has 21 heavy (non-hydrogen) atoms. The molecule has 0 atom stereocenters. The minimum Gasteiger partial charge on any atom is -0.454 e. The van der Waals surface area contributed by atoms with Crippen LogP contribution in [0.3, 0.4) is 0 Å². The molecule has 3 rings (SSSR count). The topological polar surface area (TPSA) is 51.7 Å². The first kappa shape index (κ1) is 13.9. The quantitative estimate of drug-likeness (QED) is 0.855. The molecular formula is C15H13BrN2O3. The molecule has 1 aromatic heterocycles. The van der Waals surface area contributed by atoms with Crippen molar-refractivity contribution in [2.24, 2.45) is 0 Å². The Labute approximate surface area is 130 Å². The lowest BCUT2D eigenvalue weighted by Gasteiger charge is -2.17. The summed E-state index contributed by atoms with van der Waals surface area (Å²) in [6, 6.07) is 9.24. The van der Waals surface area contributed by atoms with E-state index in [9.17, 15) is 4.79 Å². The Kier molecular flexibility index (Phi) is 3.79. The number of pyridine rings is 1. The Morgan fingerprint density at radius 1 is 1.33 bits per heavy atom. The number of amides is 1. The molecule has 1 amide bonds. The van der Waals surface area contributed by atoms with Crippen LogP contribution in [0.4, 0.5) is 0 Å². The van der Waals surface area contributed by atoms with Crippen LogP contribution in [0.1, 0.15) is 16.1 Å². The van der Waals surface area contributed by atoms with Crippen molar-refractivity contribution >= 4 is 21.8 Å². The van der Waals surface area contributed by atoms with E-state index in [1.165, 1.54) is 0 Å². The van der Waals surface area contributed by atoms with Crippen LogP contribution in [-0.4, -0.2) is 29.6 Å². The summed E-state index contributed by atoms with van der Waals surface area (Å²) in [5.41, 5.74) is 1.38. The van der Waals surface area contributed by atoms with Gasteiger partial charge in [-0.15, -0.1) is 0 Å². The van der Waals surface area contributed by atoms with Crippen molar-refractivity contribution in [2.75, 3.05) is 13.8 Å². The molecule has 0 spiro atoms. The molecule has 1 aromatic carbocycles. The summed E-state index contributed by atoms with van der Waals surface area (Å²) in [6.45, 7) is 0.715. The molecule has 108 valence electrons. The predicted molar refractivity (Wildman–Crippen MR) is 80.3 cm³/mol. The molecule has 0 saturated carbocycles. The van der Waals surface area contributed by atoms with E-state index in [1.807, 2.05) is 18.2 Å². The van der Waals surface area contributed by atoms with E-state index in [0.29, 0.717) is 22.5 Å². The average Bonchev–Trinajstić information content (AvgIpc) is 2.94. The van der Waals surface area contributed by atoms with Gasteiger partial charge in [0.25, 0.3) is 5.91 Å². The van der Waals surface area contributed by atoms with Crippen LogP contribution in [0.25, 0.3) is 0 Å². The number of fused-ring (bicyclic) bond motifs is 1. The molecule has 1 aliphatic heterocycles. The van der Waals surface area contributed by atoms with E-state index in [2.05, 4.69) is 20.9 Å². The van der Waals surface area contributed by atoms with Crippen LogP contribution in [0, 0.1) is 0 Å². The van der Waals surface area contributed by atoms with Crippen LogP contribution < -0.4 is 9.47 Å². The molecule has 0 bridgehead atoms. The SMILES string of the molecule is CN(Cc1ccc2c(c1)OCO2)C(=O)c1ncccc1Br. The monoisotopic (exact) mass is 348 g/mol. The van der Waals surface area contributed by atoms with Crippen LogP contribution >= 0.6 is 15.9 Å². The molecule has 0 N–H and O–H groups in total. The second-order valence-corrected chi connectivity index (χ2v) is 5.54. The fraction of sp³-hybridized carbons (Fsp3) is 0.200. The second kappa shape index (κ2) is 5.73. The lowest BCUT2D eigenvalue weighted by molar-refractivity contribution is 0.0778. The summed E-state index contributed by atoms with van der Waals surface area (Å²) in [5, 5.41) is 0. The lowest BCUT2D eigenvalue weighted by atomic mass is 10.2. The van der Waals surface area contributed by atoms with Crippen LogP contribution in [0.2, 0.25) is 0 Å². The Morgan fingerprint density at radius 3 is 2.95 bits per heavy atom. The third-order valence-electron chi connectivity index (χ3n) is 3.16. The summed E-state index contributed by atoms with van der Waals surface area (Å²) < 4.78 is 11.3. The molecule has 1 aliphatic rings. The Balaban J connectivity index is 1.76. The highest BCUT2D eigenvalue weighted by atomic mass is 79.9. The fourth-order valence-electron chi connectivity index (χ4n) is 2.11. The normalized spacial score (nSPS) is 12.3. The van der Waals surface area contributed by atoms with Gasteiger partial charge in [0.05, 0.1) is 0 Å². The highest BCUT2D eigenvalue weighted by Gasteiger charge is 2.18. The number of ether oxygens (including phenoxy) is 2. The molecule has 0 saturated heterocycles. The first-order valence-corrected chi connectivity index (χ1v) is 7.19. The van der Waals surface area contributed by atoms with Gasteiger partial charge in [0.15, 0.2) is 11.5 Å². The van der Waals surface area contributed by atoms with Gasteiger partial charge in [-0.3, -0.25) is 4.79 Å². The molecule has 0 aliphatic carbocycles. The molecular weight excluding hydrogens is 336 g/mol. The van der Waals surface area contributed by atoms with E-state index < -0.39 is 0 Å². The van der Waals surface area contributed by atoms with E-state index in [-0.39, 0.29) is 12.7 Å². The summed E-state index contributed by atoms with van der Waals surface area (Å²) >= 11 is 3.34. The minimum absolute atomic E-state index is 0.139. The highest BCUT2D eigenvalue weighted by molar-refractivity contribution is 9.10. The number of nitrogens with zero attached hydrogens (tertiary/aromatic N) is 2. The molecule has 2 aromatic rings. The van der Waals surface area contributed by atoms with Gasteiger partial charge < -0.3 is 14.4 Å². The maximum absolute atomic E-state index is 12.4. The van der Waals surface area contributed by atoms with Gasteiger partial charge in [-0.25, -0.2) is 4.98 Å². The zero-order chi connectivity index (χ0) is 14.8. The van der Waals surface area contributed by atoms with E-state index in [4.69, 9.17) is 9.47 Å². The van der Waals surface area contributed by atoms with Crippen LogP contribution in [0.15, 0.2) is 41.0 Å². The summed E-state index contributed by atoms with van der Waals surface area (Å²) in [7, 11) is 1.74. The van der Waals surface area contributed by atoms with E-state index in [0.717, 1.165) is 11.3 Å². The Hall–Kier alpha value is -2.08. The number of hydrogen-bond acceptors (Lipinski definition) is 4. The van der Waals surface area contributed by atoms with E-state index in [1.54, 1.807) is 30.3 Å². The number of carbonyl (C=O) groups is 1. The molecule has 5 nitrogen and oxygen atoms in total. The summed E-state index contributed by atoms with van der Waals surface area (Å²) in [4.78, 5) is 18.1. The molecule has 2 heterocycles. The van der Waals surface area contributed by atoms with Crippen molar-refractivity contribution in [1.82, 2.24) is 9.88 Å². The number of hydrogen-bond donors (Lipinski definition) is 0. The number of rotatable bonds is 3. The second-order valence-electron chi connectivity index (χ2n) is 4.68.